The summed E-state index contributed by atoms with van der Waals surface area (Å²) in [5.74, 6) is 0.0932. The Balaban J connectivity index is 1.07. The van der Waals surface area contributed by atoms with Crippen molar-refractivity contribution in [3.8, 4) is 0 Å². The van der Waals surface area contributed by atoms with Gasteiger partial charge in [-0.05, 0) is 48.6 Å². The first-order valence-electron chi connectivity index (χ1n) is 14.1. The molecule has 1 aliphatic heterocycles. The minimum atomic E-state index is -1.38. The molecule has 3 aromatic heterocycles. The highest BCUT2D eigenvalue weighted by Gasteiger charge is 2.48. The largest absolute Gasteiger partial charge is 0.387 e. The van der Waals surface area contributed by atoms with Gasteiger partial charge < -0.3 is 30.2 Å². The van der Waals surface area contributed by atoms with Gasteiger partial charge in [-0.25, -0.2) is 15.0 Å². The van der Waals surface area contributed by atoms with Crippen LogP contribution in [0.5, 0.6) is 0 Å². The number of aliphatic hydroxyl groups excluding tert-OH is 2. The number of aliphatic hydroxyl groups is 2. The quantitative estimate of drug-likeness (QED) is 0.195. The third-order valence-electron chi connectivity index (χ3n) is 7.95. The number of fused-ring (bicyclic) bond motifs is 2. The van der Waals surface area contributed by atoms with Gasteiger partial charge in [0, 0.05) is 36.2 Å². The van der Waals surface area contributed by atoms with Crippen molar-refractivity contribution in [1.82, 2.24) is 29.4 Å². The SMILES string of the molecule is O=C(NC1CC1)[C@H]1OC(n2cnc3c(NCCc4cn(Cc5ccc(Cl)c(Cl)c5)c5ccccc45)ncnc32)[C@H](O)[C@@H]1O. The average molecular weight is 623 g/mol. The third kappa shape index (κ3) is 5.43. The fraction of sp³-hybridized carbons (Fsp3) is 0.333. The van der Waals surface area contributed by atoms with Gasteiger partial charge in [-0.2, -0.15) is 0 Å². The van der Waals surface area contributed by atoms with E-state index in [2.05, 4.69) is 48.5 Å². The van der Waals surface area contributed by atoms with E-state index in [1.807, 2.05) is 30.3 Å². The van der Waals surface area contributed by atoms with Crippen LogP contribution in [0.3, 0.4) is 0 Å². The number of amides is 1. The van der Waals surface area contributed by atoms with E-state index >= 15 is 0 Å². The number of imidazole rings is 1. The third-order valence-corrected chi connectivity index (χ3v) is 8.69. The fourth-order valence-corrected chi connectivity index (χ4v) is 5.91. The molecule has 0 radical (unpaired) electrons. The lowest BCUT2D eigenvalue weighted by Gasteiger charge is -2.16. The molecule has 2 fully saturated rings. The van der Waals surface area contributed by atoms with Crippen LogP contribution in [0, 0.1) is 0 Å². The van der Waals surface area contributed by atoms with Crippen molar-refractivity contribution in [3.63, 3.8) is 0 Å². The van der Waals surface area contributed by atoms with E-state index in [9.17, 15) is 15.0 Å². The number of benzene rings is 2. The molecule has 4 heterocycles. The zero-order valence-electron chi connectivity index (χ0n) is 22.9. The molecule has 4 atom stereocenters. The second-order valence-electron chi connectivity index (χ2n) is 11.0. The van der Waals surface area contributed by atoms with Gasteiger partial charge in [-0.1, -0.05) is 47.5 Å². The number of nitrogens with one attached hydrogen (secondary N) is 2. The number of halogens is 2. The summed E-state index contributed by atoms with van der Waals surface area (Å²) in [6.45, 7) is 1.23. The van der Waals surface area contributed by atoms with E-state index in [-0.39, 0.29) is 6.04 Å². The highest BCUT2D eigenvalue weighted by atomic mass is 35.5. The van der Waals surface area contributed by atoms with Crippen molar-refractivity contribution in [1.29, 1.82) is 0 Å². The molecule has 1 amide bonds. The Morgan fingerprint density at radius 1 is 1.05 bits per heavy atom. The fourth-order valence-electron chi connectivity index (χ4n) is 5.59. The first kappa shape index (κ1) is 28.1. The summed E-state index contributed by atoms with van der Waals surface area (Å²) >= 11 is 12.4. The number of nitrogens with zero attached hydrogens (tertiary/aromatic N) is 5. The number of carbonyl (C=O) groups is 1. The van der Waals surface area contributed by atoms with E-state index in [4.69, 9.17) is 27.9 Å². The highest BCUT2D eigenvalue weighted by molar-refractivity contribution is 6.42. The van der Waals surface area contributed by atoms with Crippen LogP contribution in [0.4, 0.5) is 5.82 Å². The molecule has 1 saturated carbocycles. The number of para-hydroxylation sites is 1. The Morgan fingerprint density at radius 2 is 1.88 bits per heavy atom. The lowest BCUT2D eigenvalue weighted by atomic mass is 10.1. The van der Waals surface area contributed by atoms with Gasteiger partial charge in [-0.3, -0.25) is 9.36 Å². The summed E-state index contributed by atoms with van der Waals surface area (Å²) < 4.78 is 9.55. The Morgan fingerprint density at radius 3 is 2.70 bits per heavy atom. The number of hydrogen-bond donors (Lipinski definition) is 4. The zero-order valence-corrected chi connectivity index (χ0v) is 24.4. The summed E-state index contributed by atoms with van der Waals surface area (Å²) in [5.41, 5.74) is 4.24. The van der Waals surface area contributed by atoms with Gasteiger partial charge in [0.15, 0.2) is 29.3 Å². The maximum Gasteiger partial charge on any atom is 0.252 e. The number of rotatable bonds is 9. The molecule has 43 heavy (non-hydrogen) atoms. The molecular weight excluding hydrogens is 593 g/mol. The minimum absolute atomic E-state index is 0.106. The van der Waals surface area contributed by atoms with Crippen molar-refractivity contribution in [2.24, 2.45) is 0 Å². The molecule has 2 aromatic carbocycles. The number of ether oxygens (including phenoxy) is 1. The Bertz CT molecular complexity index is 1820. The molecule has 1 aliphatic carbocycles. The van der Waals surface area contributed by atoms with Crippen LogP contribution >= 0.6 is 23.2 Å². The van der Waals surface area contributed by atoms with Crippen LogP contribution in [0.15, 0.2) is 61.3 Å². The van der Waals surface area contributed by atoms with E-state index in [1.165, 1.54) is 22.8 Å². The lowest BCUT2D eigenvalue weighted by Crippen LogP contribution is -2.43. The standard InChI is InChI=1S/C30H29Cl2N7O4/c31-20-8-5-16(11-21(20)32)12-38-13-17(19-3-1-2-4-22(19)38)9-10-33-27-23-28(35-14-34-27)39(15-36-23)30-25(41)24(40)26(43-30)29(42)37-18-6-7-18/h1-5,8,11,13-15,18,24-26,30,40-41H,6-7,9-10,12H2,(H,37,42)(H,33,34,35)/t24-,25+,26-,30?/m0/s1. The normalized spacial score (nSPS) is 22.0. The monoisotopic (exact) mass is 621 g/mol. The number of hydrogen-bond acceptors (Lipinski definition) is 8. The van der Waals surface area contributed by atoms with Crippen molar-refractivity contribution in [3.05, 3.63) is 82.5 Å². The van der Waals surface area contributed by atoms with Gasteiger partial charge >= 0.3 is 0 Å². The Hall–Kier alpha value is -3.74. The van der Waals surface area contributed by atoms with Crippen LogP contribution in [-0.4, -0.2) is 71.1 Å². The highest BCUT2D eigenvalue weighted by Crippen LogP contribution is 2.33. The van der Waals surface area contributed by atoms with Gasteiger partial charge in [-0.15, -0.1) is 0 Å². The summed E-state index contributed by atoms with van der Waals surface area (Å²) in [6.07, 6.45) is 2.63. The van der Waals surface area contributed by atoms with Gasteiger partial charge in [0.1, 0.15) is 18.5 Å². The van der Waals surface area contributed by atoms with Crippen molar-refractivity contribution >= 4 is 57.0 Å². The molecule has 7 rings (SSSR count). The number of aromatic nitrogens is 5. The first-order chi connectivity index (χ1) is 20.9. The topological polar surface area (TPSA) is 139 Å². The van der Waals surface area contributed by atoms with E-state index < -0.39 is 30.4 Å². The minimum Gasteiger partial charge on any atom is -0.387 e. The molecule has 1 unspecified atom stereocenters. The Kier molecular flexibility index (Phi) is 7.44. The van der Waals surface area contributed by atoms with E-state index in [0.29, 0.717) is 40.1 Å². The second kappa shape index (κ2) is 11.4. The predicted molar refractivity (Wildman–Crippen MR) is 162 cm³/mol. The van der Waals surface area contributed by atoms with Crippen LogP contribution < -0.4 is 10.6 Å². The van der Waals surface area contributed by atoms with Gasteiger partial charge in [0.2, 0.25) is 0 Å². The van der Waals surface area contributed by atoms with Crippen LogP contribution in [0.2, 0.25) is 10.0 Å². The molecule has 2 aliphatic rings. The molecule has 13 heteroatoms. The van der Waals surface area contributed by atoms with Gasteiger partial charge in [0.25, 0.3) is 5.91 Å². The summed E-state index contributed by atoms with van der Waals surface area (Å²) in [4.78, 5) is 25.8. The molecule has 11 nitrogen and oxygen atoms in total. The molecular formula is C30H29Cl2N7O4. The molecule has 0 spiro atoms. The summed E-state index contributed by atoms with van der Waals surface area (Å²) in [7, 11) is 0. The maximum atomic E-state index is 12.5. The van der Waals surface area contributed by atoms with Crippen molar-refractivity contribution in [2.75, 3.05) is 11.9 Å². The van der Waals surface area contributed by atoms with Crippen molar-refractivity contribution in [2.45, 2.75) is 56.4 Å². The predicted octanol–water partition coefficient (Wildman–Crippen LogP) is 3.69. The second-order valence-corrected chi connectivity index (χ2v) is 11.8. The van der Waals surface area contributed by atoms with Crippen LogP contribution in [-0.2, 0) is 22.5 Å². The molecule has 1 saturated heterocycles. The van der Waals surface area contributed by atoms with Gasteiger partial charge in [0.05, 0.1) is 16.4 Å². The maximum absolute atomic E-state index is 12.5. The molecule has 5 aromatic rings. The summed E-state index contributed by atoms with van der Waals surface area (Å²) in [6, 6.07) is 14.0. The molecule has 4 N–H and O–H groups in total. The summed E-state index contributed by atoms with van der Waals surface area (Å²) in [5, 5.41) is 29.7. The van der Waals surface area contributed by atoms with E-state index in [1.54, 1.807) is 0 Å². The van der Waals surface area contributed by atoms with Crippen LogP contribution in [0.1, 0.15) is 30.2 Å². The molecule has 0 bridgehead atoms. The lowest BCUT2D eigenvalue weighted by molar-refractivity contribution is -0.137. The number of anilines is 1. The molecule has 222 valence electrons. The zero-order chi connectivity index (χ0) is 29.7. The Labute approximate surface area is 256 Å². The van der Waals surface area contributed by atoms with E-state index in [0.717, 1.165) is 35.7 Å². The number of carbonyl (C=O) groups excluding carboxylic acids is 1. The average Bonchev–Trinajstić information content (AvgIpc) is 3.49. The first-order valence-corrected chi connectivity index (χ1v) is 14.9. The van der Waals surface area contributed by atoms with Crippen LogP contribution in [0.25, 0.3) is 22.1 Å². The smallest absolute Gasteiger partial charge is 0.252 e. The van der Waals surface area contributed by atoms with Crippen molar-refractivity contribution < 1.29 is 19.7 Å².